The number of rotatable bonds is 6. The lowest BCUT2D eigenvalue weighted by Crippen LogP contribution is -2.06. The minimum Gasteiger partial charge on any atom is -0.457 e. The summed E-state index contributed by atoms with van der Waals surface area (Å²) in [5.41, 5.74) is 3.62. The zero-order valence-corrected chi connectivity index (χ0v) is 12.3. The van der Waals surface area contributed by atoms with Crippen molar-refractivity contribution in [2.45, 2.75) is 20.1 Å². The van der Waals surface area contributed by atoms with Crippen molar-refractivity contribution < 1.29 is 9.47 Å². The lowest BCUT2D eigenvalue weighted by atomic mass is 10.1. The van der Waals surface area contributed by atoms with Gasteiger partial charge in [-0.25, -0.2) is 0 Å². The Balaban J connectivity index is 2.13. The molecular weight excluding hydrogens is 250 g/mol. The fourth-order valence-electron chi connectivity index (χ4n) is 2.12. The van der Waals surface area contributed by atoms with Crippen molar-refractivity contribution >= 4 is 0 Å². The SMILES string of the molecule is CNCc1ccc(Oc2cccc(COC)c2)cc1C. The number of hydrogen-bond acceptors (Lipinski definition) is 3. The maximum atomic E-state index is 5.90. The summed E-state index contributed by atoms with van der Waals surface area (Å²) in [5, 5.41) is 3.16. The summed E-state index contributed by atoms with van der Waals surface area (Å²) in [6.45, 7) is 3.56. The first kappa shape index (κ1) is 14.6. The molecule has 0 aliphatic carbocycles. The Hall–Kier alpha value is -1.84. The molecule has 0 aliphatic heterocycles. The van der Waals surface area contributed by atoms with Gasteiger partial charge in [0.25, 0.3) is 0 Å². The van der Waals surface area contributed by atoms with E-state index in [1.807, 2.05) is 37.4 Å². The molecule has 20 heavy (non-hydrogen) atoms. The summed E-state index contributed by atoms with van der Waals surface area (Å²) in [4.78, 5) is 0. The molecule has 2 aromatic carbocycles. The summed E-state index contributed by atoms with van der Waals surface area (Å²) in [6, 6.07) is 14.1. The highest BCUT2D eigenvalue weighted by molar-refractivity contribution is 5.38. The molecule has 3 nitrogen and oxygen atoms in total. The number of hydrogen-bond donors (Lipinski definition) is 1. The van der Waals surface area contributed by atoms with E-state index in [4.69, 9.17) is 9.47 Å². The zero-order chi connectivity index (χ0) is 14.4. The van der Waals surface area contributed by atoms with Crippen molar-refractivity contribution in [1.29, 1.82) is 0 Å². The van der Waals surface area contributed by atoms with Crippen LogP contribution in [0.2, 0.25) is 0 Å². The van der Waals surface area contributed by atoms with E-state index in [9.17, 15) is 0 Å². The van der Waals surface area contributed by atoms with Crippen LogP contribution in [0.3, 0.4) is 0 Å². The van der Waals surface area contributed by atoms with Crippen LogP contribution in [0.25, 0.3) is 0 Å². The largest absolute Gasteiger partial charge is 0.457 e. The van der Waals surface area contributed by atoms with Crippen LogP contribution >= 0.6 is 0 Å². The summed E-state index contributed by atoms with van der Waals surface area (Å²) in [6.07, 6.45) is 0. The third-order valence-corrected chi connectivity index (χ3v) is 3.13. The molecule has 0 heterocycles. The van der Waals surface area contributed by atoms with E-state index < -0.39 is 0 Å². The van der Waals surface area contributed by atoms with Crippen molar-refractivity contribution in [3.05, 3.63) is 59.2 Å². The number of nitrogens with one attached hydrogen (secondary N) is 1. The number of benzene rings is 2. The molecule has 0 radical (unpaired) electrons. The van der Waals surface area contributed by atoms with Crippen LogP contribution in [0.1, 0.15) is 16.7 Å². The molecule has 1 N–H and O–H groups in total. The molecule has 0 saturated heterocycles. The van der Waals surface area contributed by atoms with Gasteiger partial charge in [-0.1, -0.05) is 18.2 Å². The standard InChI is InChI=1S/C17H21NO2/c1-13-9-17(8-7-15(13)11-18-2)20-16-6-4-5-14(10-16)12-19-3/h4-10,18H,11-12H2,1-3H3. The molecule has 0 fully saturated rings. The maximum absolute atomic E-state index is 5.90. The monoisotopic (exact) mass is 271 g/mol. The van der Waals surface area contributed by atoms with Gasteiger partial charge in [-0.05, 0) is 54.9 Å². The first-order valence-corrected chi connectivity index (χ1v) is 6.73. The molecule has 0 aliphatic rings. The smallest absolute Gasteiger partial charge is 0.127 e. The minimum absolute atomic E-state index is 0.595. The van der Waals surface area contributed by atoms with Crippen molar-refractivity contribution in [3.63, 3.8) is 0 Å². The Labute approximate surface area is 120 Å². The van der Waals surface area contributed by atoms with Gasteiger partial charge >= 0.3 is 0 Å². The van der Waals surface area contributed by atoms with E-state index in [1.54, 1.807) is 7.11 Å². The zero-order valence-electron chi connectivity index (χ0n) is 12.3. The molecule has 106 valence electrons. The number of methoxy groups -OCH3 is 1. The van der Waals surface area contributed by atoms with Gasteiger partial charge in [0.05, 0.1) is 6.61 Å². The van der Waals surface area contributed by atoms with E-state index in [0.29, 0.717) is 6.61 Å². The summed E-state index contributed by atoms with van der Waals surface area (Å²) < 4.78 is 11.0. The third kappa shape index (κ3) is 3.83. The van der Waals surface area contributed by atoms with Crippen LogP contribution in [0.15, 0.2) is 42.5 Å². The van der Waals surface area contributed by atoms with Gasteiger partial charge < -0.3 is 14.8 Å². The molecule has 0 saturated carbocycles. The van der Waals surface area contributed by atoms with Gasteiger partial charge in [0.2, 0.25) is 0 Å². The Morgan fingerprint density at radius 3 is 2.55 bits per heavy atom. The second kappa shape index (κ2) is 7.08. The molecule has 0 aromatic heterocycles. The van der Waals surface area contributed by atoms with Crippen molar-refractivity contribution in [2.75, 3.05) is 14.2 Å². The number of ether oxygens (including phenoxy) is 2. The second-order valence-corrected chi connectivity index (χ2v) is 4.80. The van der Waals surface area contributed by atoms with Gasteiger partial charge in [0.15, 0.2) is 0 Å². The highest BCUT2D eigenvalue weighted by Gasteiger charge is 2.02. The normalized spacial score (nSPS) is 10.6. The molecule has 0 atom stereocenters. The van der Waals surface area contributed by atoms with Gasteiger partial charge in [-0.2, -0.15) is 0 Å². The van der Waals surface area contributed by atoms with E-state index in [-0.39, 0.29) is 0 Å². The van der Waals surface area contributed by atoms with Gasteiger partial charge in [0, 0.05) is 13.7 Å². The molecule has 0 amide bonds. The fraction of sp³-hybridized carbons (Fsp3) is 0.294. The quantitative estimate of drug-likeness (QED) is 0.870. The van der Waals surface area contributed by atoms with E-state index in [0.717, 1.165) is 23.6 Å². The highest BCUT2D eigenvalue weighted by Crippen LogP contribution is 2.24. The Bertz CT molecular complexity index is 567. The molecular formula is C17H21NO2. The van der Waals surface area contributed by atoms with Gasteiger partial charge in [0.1, 0.15) is 11.5 Å². The minimum atomic E-state index is 0.595. The lowest BCUT2D eigenvalue weighted by molar-refractivity contribution is 0.184. The molecule has 0 spiro atoms. The van der Waals surface area contributed by atoms with E-state index >= 15 is 0 Å². The fourth-order valence-corrected chi connectivity index (χ4v) is 2.12. The first-order valence-electron chi connectivity index (χ1n) is 6.73. The topological polar surface area (TPSA) is 30.5 Å². The summed E-state index contributed by atoms with van der Waals surface area (Å²) in [7, 11) is 3.64. The predicted octanol–water partition coefficient (Wildman–Crippen LogP) is 3.65. The van der Waals surface area contributed by atoms with Crippen LogP contribution in [0.5, 0.6) is 11.5 Å². The highest BCUT2D eigenvalue weighted by atomic mass is 16.5. The van der Waals surface area contributed by atoms with E-state index in [1.165, 1.54) is 11.1 Å². The second-order valence-electron chi connectivity index (χ2n) is 4.80. The molecule has 3 heteroatoms. The average molecular weight is 271 g/mol. The first-order chi connectivity index (χ1) is 9.72. The maximum Gasteiger partial charge on any atom is 0.127 e. The third-order valence-electron chi connectivity index (χ3n) is 3.13. The van der Waals surface area contributed by atoms with Crippen molar-refractivity contribution in [2.24, 2.45) is 0 Å². The molecule has 2 rings (SSSR count). The lowest BCUT2D eigenvalue weighted by Gasteiger charge is -2.10. The molecule has 0 unspecified atom stereocenters. The van der Waals surface area contributed by atoms with Crippen LogP contribution in [-0.4, -0.2) is 14.2 Å². The van der Waals surface area contributed by atoms with Crippen molar-refractivity contribution in [3.8, 4) is 11.5 Å². The van der Waals surface area contributed by atoms with Gasteiger partial charge in [-0.15, -0.1) is 0 Å². The van der Waals surface area contributed by atoms with Gasteiger partial charge in [-0.3, -0.25) is 0 Å². The predicted molar refractivity (Wildman–Crippen MR) is 81.2 cm³/mol. The number of aryl methyl sites for hydroxylation is 1. The summed E-state index contributed by atoms with van der Waals surface area (Å²) >= 11 is 0. The Morgan fingerprint density at radius 2 is 1.85 bits per heavy atom. The van der Waals surface area contributed by atoms with Crippen LogP contribution in [0, 0.1) is 6.92 Å². The Morgan fingerprint density at radius 1 is 1.05 bits per heavy atom. The van der Waals surface area contributed by atoms with E-state index in [2.05, 4.69) is 24.4 Å². The average Bonchev–Trinajstić information content (AvgIpc) is 2.43. The van der Waals surface area contributed by atoms with Crippen molar-refractivity contribution in [1.82, 2.24) is 5.32 Å². The van der Waals surface area contributed by atoms with Crippen LogP contribution in [-0.2, 0) is 17.9 Å². The molecule has 2 aromatic rings. The summed E-state index contributed by atoms with van der Waals surface area (Å²) in [5.74, 6) is 1.69. The molecule has 0 bridgehead atoms. The van der Waals surface area contributed by atoms with Crippen LogP contribution in [0.4, 0.5) is 0 Å². The van der Waals surface area contributed by atoms with Crippen LogP contribution < -0.4 is 10.1 Å². The Kier molecular flexibility index (Phi) is 5.16.